The monoisotopic (exact) mass is 331 g/mol. The summed E-state index contributed by atoms with van der Waals surface area (Å²) in [6, 6.07) is 7.43. The summed E-state index contributed by atoms with van der Waals surface area (Å²) in [5, 5.41) is 10.4. The van der Waals surface area contributed by atoms with Gasteiger partial charge >= 0.3 is 0 Å². The van der Waals surface area contributed by atoms with Crippen molar-refractivity contribution < 1.29 is 13.2 Å². The fourth-order valence-corrected chi connectivity index (χ4v) is 2.62. The van der Waals surface area contributed by atoms with Crippen molar-refractivity contribution in [3.8, 4) is 0 Å². The number of anilines is 1. The Morgan fingerprint density at radius 2 is 1.83 bits per heavy atom. The zero-order valence-corrected chi connectivity index (χ0v) is 13.2. The minimum atomic E-state index is -3.29. The van der Waals surface area contributed by atoms with Crippen molar-refractivity contribution >= 4 is 27.5 Å². The van der Waals surface area contributed by atoms with Gasteiger partial charge in [0.15, 0.2) is 9.84 Å². The van der Waals surface area contributed by atoms with Crippen molar-refractivity contribution in [1.29, 1.82) is 0 Å². The molecule has 8 nitrogen and oxygen atoms in total. The lowest BCUT2D eigenvalue weighted by Gasteiger charge is -2.04. The first-order valence-electron chi connectivity index (χ1n) is 6.64. The Labute approximate surface area is 132 Å². The minimum Gasteiger partial charge on any atom is -0.290 e. The average molecular weight is 331 g/mol. The van der Waals surface area contributed by atoms with Gasteiger partial charge < -0.3 is 0 Å². The van der Waals surface area contributed by atoms with Gasteiger partial charge in [0.05, 0.1) is 4.90 Å². The number of hydrogen-bond donors (Lipinski definition) is 1. The smallest absolute Gasteiger partial charge is 0.258 e. The van der Waals surface area contributed by atoms with Crippen LogP contribution in [0, 0.1) is 6.92 Å². The van der Waals surface area contributed by atoms with Crippen LogP contribution in [0.4, 0.5) is 5.95 Å². The number of fused-ring (bicyclic) bond motifs is 1. The third-order valence-electron chi connectivity index (χ3n) is 3.19. The number of aromatic nitrogens is 4. The number of hydrogen-bond acceptors (Lipinski definition) is 6. The molecule has 0 spiro atoms. The lowest BCUT2D eigenvalue weighted by molar-refractivity contribution is 0.102. The van der Waals surface area contributed by atoms with Crippen LogP contribution in [0.2, 0.25) is 0 Å². The van der Waals surface area contributed by atoms with E-state index in [1.807, 2.05) is 6.92 Å². The van der Waals surface area contributed by atoms with Crippen LogP contribution in [-0.2, 0) is 9.84 Å². The molecule has 23 heavy (non-hydrogen) atoms. The predicted molar refractivity (Wildman–Crippen MR) is 83.0 cm³/mol. The highest BCUT2D eigenvalue weighted by Crippen LogP contribution is 2.13. The van der Waals surface area contributed by atoms with Gasteiger partial charge in [-0.1, -0.05) is 0 Å². The zero-order valence-electron chi connectivity index (χ0n) is 12.4. The summed E-state index contributed by atoms with van der Waals surface area (Å²) < 4.78 is 24.4. The second kappa shape index (κ2) is 5.43. The van der Waals surface area contributed by atoms with E-state index >= 15 is 0 Å². The van der Waals surface area contributed by atoms with E-state index in [4.69, 9.17) is 0 Å². The highest BCUT2D eigenvalue weighted by molar-refractivity contribution is 7.90. The summed E-state index contributed by atoms with van der Waals surface area (Å²) in [6.45, 7) is 1.83. The van der Waals surface area contributed by atoms with E-state index in [1.165, 1.54) is 24.3 Å². The van der Waals surface area contributed by atoms with Crippen LogP contribution in [0.5, 0.6) is 0 Å². The number of carbonyl (C=O) groups is 1. The summed E-state index contributed by atoms with van der Waals surface area (Å²) in [6.07, 6.45) is 2.82. The van der Waals surface area contributed by atoms with E-state index in [2.05, 4.69) is 20.5 Å². The molecule has 1 amide bonds. The van der Waals surface area contributed by atoms with Gasteiger partial charge in [0.2, 0.25) is 5.95 Å². The number of nitrogens with one attached hydrogen (secondary N) is 1. The Morgan fingerprint density at radius 3 is 2.48 bits per heavy atom. The molecule has 0 atom stereocenters. The number of rotatable bonds is 3. The lowest BCUT2D eigenvalue weighted by atomic mass is 10.2. The molecule has 0 aliphatic carbocycles. The first kappa shape index (κ1) is 15.1. The van der Waals surface area contributed by atoms with Crippen molar-refractivity contribution in [3.63, 3.8) is 0 Å². The molecule has 2 aromatic heterocycles. The fourth-order valence-electron chi connectivity index (χ4n) is 1.99. The van der Waals surface area contributed by atoms with Crippen LogP contribution in [-0.4, -0.2) is 40.2 Å². The zero-order chi connectivity index (χ0) is 16.6. The van der Waals surface area contributed by atoms with E-state index in [-0.39, 0.29) is 10.8 Å². The van der Waals surface area contributed by atoms with E-state index in [0.29, 0.717) is 11.3 Å². The van der Waals surface area contributed by atoms with E-state index < -0.39 is 15.7 Å². The lowest BCUT2D eigenvalue weighted by Crippen LogP contribution is -2.14. The van der Waals surface area contributed by atoms with Crippen LogP contribution in [0.25, 0.3) is 5.78 Å². The van der Waals surface area contributed by atoms with Crippen molar-refractivity contribution in [2.75, 3.05) is 11.6 Å². The minimum absolute atomic E-state index is 0.154. The van der Waals surface area contributed by atoms with Gasteiger partial charge in [-0.05, 0) is 37.3 Å². The van der Waals surface area contributed by atoms with E-state index in [9.17, 15) is 13.2 Å². The van der Waals surface area contributed by atoms with Crippen LogP contribution < -0.4 is 5.32 Å². The van der Waals surface area contributed by atoms with Crippen LogP contribution in [0.3, 0.4) is 0 Å². The number of sulfone groups is 1. The van der Waals surface area contributed by atoms with Crippen molar-refractivity contribution in [1.82, 2.24) is 19.6 Å². The topological polar surface area (TPSA) is 106 Å². The molecule has 1 aromatic carbocycles. The summed E-state index contributed by atoms with van der Waals surface area (Å²) in [5.74, 6) is 0.206. The van der Waals surface area contributed by atoms with Crippen LogP contribution in [0.1, 0.15) is 16.1 Å². The summed E-state index contributed by atoms with van der Waals surface area (Å²) >= 11 is 0. The quantitative estimate of drug-likeness (QED) is 0.770. The van der Waals surface area contributed by atoms with Gasteiger partial charge in [-0.3, -0.25) is 14.5 Å². The molecular formula is C14H13N5O3S. The first-order valence-corrected chi connectivity index (χ1v) is 8.53. The molecule has 0 bridgehead atoms. The van der Waals surface area contributed by atoms with Gasteiger partial charge in [-0.15, -0.1) is 10.2 Å². The van der Waals surface area contributed by atoms with Gasteiger partial charge in [0, 0.05) is 23.7 Å². The molecule has 0 fully saturated rings. The molecule has 0 aliphatic heterocycles. The third kappa shape index (κ3) is 3.04. The number of benzene rings is 1. The number of nitrogens with zero attached hydrogens (tertiary/aromatic N) is 4. The van der Waals surface area contributed by atoms with Crippen molar-refractivity contribution in [2.45, 2.75) is 11.8 Å². The summed E-state index contributed by atoms with van der Waals surface area (Å²) in [5.41, 5.74) is 1.10. The molecule has 3 rings (SSSR count). The fraction of sp³-hybridized carbons (Fsp3) is 0.143. The summed E-state index contributed by atoms with van der Waals surface area (Å²) in [7, 11) is -3.29. The maximum atomic E-state index is 12.2. The molecule has 0 saturated heterocycles. The standard InChI is InChI=1S/C14H13N5O3S/c1-9-7-8-19-13(15-9)17-18-14(19)16-12(20)10-3-5-11(6-4-10)23(2,21)22/h3-8H,1-2H3,(H,16,18,20). The largest absolute Gasteiger partial charge is 0.290 e. The van der Waals surface area contributed by atoms with Crippen molar-refractivity contribution in [2.24, 2.45) is 0 Å². The normalized spacial score (nSPS) is 11.6. The Kier molecular flexibility index (Phi) is 3.57. The number of amides is 1. The molecule has 3 aromatic rings. The predicted octanol–water partition coefficient (Wildman–Crippen LogP) is 1.09. The number of aryl methyl sites for hydroxylation is 1. The molecule has 0 saturated carbocycles. The molecule has 1 N–H and O–H groups in total. The molecular weight excluding hydrogens is 318 g/mol. The van der Waals surface area contributed by atoms with Gasteiger partial charge in [-0.2, -0.15) is 0 Å². The van der Waals surface area contributed by atoms with Crippen LogP contribution >= 0.6 is 0 Å². The Balaban J connectivity index is 1.86. The first-order chi connectivity index (χ1) is 10.8. The molecule has 0 unspecified atom stereocenters. The number of carbonyl (C=O) groups excluding carboxylic acids is 1. The molecule has 0 aliphatic rings. The van der Waals surface area contributed by atoms with Crippen molar-refractivity contribution in [3.05, 3.63) is 47.8 Å². The second-order valence-electron chi connectivity index (χ2n) is 5.01. The highest BCUT2D eigenvalue weighted by Gasteiger charge is 2.13. The second-order valence-corrected chi connectivity index (χ2v) is 7.03. The molecule has 118 valence electrons. The maximum Gasteiger partial charge on any atom is 0.258 e. The molecule has 2 heterocycles. The highest BCUT2D eigenvalue weighted by atomic mass is 32.2. The Hall–Kier alpha value is -2.81. The SMILES string of the molecule is Cc1ccn2c(NC(=O)c3ccc(S(C)(=O)=O)cc3)nnc2n1. The maximum absolute atomic E-state index is 12.2. The van der Waals surface area contributed by atoms with Gasteiger partial charge in [0.25, 0.3) is 11.7 Å². The third-order valence-corrected chi connectivity index (χ3v) is 4.32. The van der Waals surface area contributed by atoms with Gasteiger partial charge in [0.1, 0.15) is 0 Å². The van der Waals surface area contributed by atoms with E-state index in [0.717, 1.165) is 11.9 Å². The van der Waals surface area contributed by atoms with Crippen LogP contribution in [0.15, 0.2) is 41.4 Å². The van der Waals surface area contributed by atoms with E-state index in [1.54, 1.807) is 16.7 Å². The summed E-state index contributed by atoms with van der Waals surface area (Å²) in [4.78, 5) is 16.6. The van der Waals surface area contributed by atoms with Gasteiger partial charge in [-0.25, -0.2) is 13.4 Å². The molecule has 9 heteroatoms. The Morgan fingerprint density at radius 1 is 1.13 bits per heavy atom. The Bertz CT molecular complexity index is 993. The molecule has 0 radical (unpaired) electrons. The average Bonchev–Trinajstić information content (AvgIpc) is 2.88.